The third kappa shape index (κ3) is 5.13. The summed E-state index contributed by atoms with van der Waals surface area (Å²) in [6, 6.07) is 17.6. The van der Waals surface area contributed by atoms with Gasteiger partial charge in [0, 0.05) is 58.3 Å². The SMILES string of the molecule is CCn1c(=O)c(-c2ccc(-c3ccncn3)cc2Cl)cc2cnc(Nc3ccc(C4CCCNC4)cc3)nc21. The van der Waals surface area contributed by atoms with Gasteiger partial charge < -0.3 is 10.6 Å². The molecule has 0 bridgehead atoms. The Balaban J connectivity index is 1.30. The van der Waals surface area contributed by atoms with Crippen molar-refractivity contribution in [3.05, 3.63) is 94.3 Å². The molecule has 8 nitrogen and oxygen atoms in total. The second-order valence-corrected chi connectivity index (χ2v) is 10.1. The van der Waals surface area contributed by atoms with Crippen LogP contribution in [0.5, 0.6) is 0 Å². The maximum absolute atomic E-state index is 13.6. The molecule has 5 aromatic rings. The van der Waals surface area contributed by atoms with Crippen molar-refractivity contribution < 1.29 is 0 Å². The number of hydrogen-bond donors (Lipinski definition) is 2. The Labute approximate surface area is 231 Å². The van der Waals surface area contributed by atoms with E-state index >= 15 is 0 Å². The standard InChI is InChI=1S/C30H28ClN7O/c1-2-38-28-22(14-25(29(38)39)24-10-7-20(15-26(24)31)27-11-13-33-18-35-27)17-34-30(37-28)36-23-8-5-19(6-9-23)21-4-3-12-32-16-21/h5-11,13-15,17-18,21,32H,2-4,12,16H2,1H3,(H,34,36,37). The average molecular weight is 538 g/mol. The predicted molar refractivity (Wildman–Crippen MR) is 156 cm³/mol. The van der Waals surface area contributed by atoms with Gasteiger partial charge in [-0.05, 0) is 68.1 Å². The van der Waals surface area contributed by atoms with Crippen LogP contribution in [-0.2, 0) is 6.54 Å². The summed E-state index contributed by atoms with van der Waals surface area (Å²) in [6.07, 6.45) is 7.33. The van der Waals surface area contributed by atoms with Crippen molar-refractivity contribution in [3.8, 4) is 22.4 Å². The number of fused-ring (bicyclic) bond motifs is 1. The van der Waals surface area contributed by atoms with E-state index in [4.69, 9.17) is 16.6 Å². The molecular weight excluding hydrogens is 510 g/mol. The van der Waals surface area contributed by atoms with Crippen LogP contribution in [0.3, 0.4) is 0 Å². The van der Waals surface area contributed by atoms with Crippen LogP contribution in [0.15, 0.2) is 78.1 Å². The molecule has 1 aliphatic heterocycles. The minimum Gasteiger partial charge on any atom is -0.324 e. The highest BCUT2D eigenvalue weighted by molar-refractivity contribution is 6.33. The lowest BCUT2D eigenvalue weighted by Gasteiger charge is -2.23. The number of pyridine rings is 1. The molecule has 0 aliphatic carbocycles. The maximum Gasteiger partial charge on any atom is 0.260 e. The molecular formula is C30H28ClN7O. The van der Waals surface area contributed by atoms with Crippen LogP contribution < -0.4 is 16.2 Å². The molecule has 6 rings (SSSR count). The normalized spacial score (nSPS) is 15.4. The van der Waals surface area contributed by atoms with Gasteiger partial charge in [-0.2, -0.15) is 4.98 Å². The molecule has 0 saturated carbocycles. The van der Waals surface area contributed by atoms with Gasteiger partial charge in [-0.3, -0.25) is 9.36 Å². The lowest BCUT2D eigenvalue weighted by atomic mass is 9.92. The zero-order valence-corrected chi connectivity index (χ0v) is 22.3. The van der Waals surface area contributed by atoms with Crippen molar-refractivity contribution >= 4 is 34.3 Å². The van der Waals surface area contributed by atoms with E-state index in [-0.39, 0.29) is 5.56 Å². The van der Waals surface area contributed by atoms with E-state index in [0.29, 0.717) is 40.2 Å². The molecule has 0 amide bonds. The van der Waals surface area contributed by atoms with E-state index in [1.807, 2.05) is 37.3 Å². The van der Waals surface area contributed by atoms with Gasteiger partial charge in [0.1, 0.15) is 12.0 Å². The third-order valence-electron chi connectivity index (χ3n) is 7.22. The van der Waals surface area contributed by atoms with Crippen LogP contribution in [0.2, 0.25) is 5.02 Å². The topological polar surface area (TPSA) is 97.6 Å². The Kier molecular flexibility index (Phi) is 7.04. The first kappa shape index (κ1) is 25.2. The highest BCUT2D eigenvalue weighted by Gasteiger charge is 2.17. The van der Waals surface area contributed by atoms with E-state index in [9.17, 15) is 4.79 Å². The summed E-state index contributed by atoms with van der Waals surface area (Å²) in [5.41, 5.74) is 5.42. The minimum absolute atomic E-state index is 0.156. The van der Waals surface area contributed by atoms with Crippen LogP contribution in [0.25, 0.3) is 33.4 Å². The number of halogens is 1. The summed E-state index contributed by atoms with van der Waals surface area (Å²) in [5, 5.41) is 7.99. The number of benzene rings is 2. The van der Waals surface area contributed by atoms with E-state index in [1.165, 1.54) is 24.7 Å². The van der Waals surface area contributed by atoms with Crippen molar-refractivity contribution in [1.82, 2.24) is 29.8 Å². The van der Waals surface area contributed by atoms with Gasteiger partial charge in [0.15, 0.2) is 0 Å². The zero-order valence-electron chi connectivity index (χ0n) is 21.6. The second-order valence-electron chi connectivity index (χ2n) is 9.66. The van der Waals surface area contributed by atoms with E-state index < -0.39 is 0 Å². The fourth-order valence-corrected chi connectivity index (χ4v) is 5.45. The molecule has 9 heteroatoms. The lowest BCUT2D eigenvalue weighted by molar-refractivity contribution is 0.461. The monoisotopic (exact) mass is 537 g/mol. The molecule has 4 heterocycles. The summed E-state index contributed by atoms with van der Waals surface area (Å²) in [5.74, 6) is 0.992. The highest BCUT2D eigenvalue weighted by atomic mass is 35.5. The number of aromatic nitrogens is 5. The van der Waals surface area contributed by atoms with Crippen LogP contribution >= 0.6 is 11.6 Å². The molecule has 39 heavy (non-hydrogen) atoms. The molecule has 2 N–H and O–H groups in total. The summed E-state index contributed by atoms with van der Waals surface area (Å²) in [6.45, 7) is 4.51. The number of aryl methyl sites for hydroxylation is 1. The van der Waals surface area contributed by atoms with Crippen molar-refractivity contribution in [3.63, 3.8) is 0 Å². The summed E-state index contributed by atoms with van der Waals surface area (Å²) < 4.78 is 1.66. The first-order valence-electron chi connectivity index (χ1n) is 13.2. The number of nitrogens with zero attached hydrogens (tertiary/aromatic N) is 5. The Morgan fingerprint density at radius 2 is 1.95 bits per heavy atom. The number of hydrogen-bond acceptors (Lipinski definition) is 7. The number of rotatable bonds is 6. The van der Waals surface area contributed by atoms with Crippen LogP contribution in [0, 0.1) is 0 Å². The van der Waals surface area contributed by atoms with E-state index in [1.54, 1.807) is 17.0 Å². The number of nitrogens with one attached hydrogen (secondary N) is 2. The number of piperidine rings is 1. The second kappa shape index (κ2) is 10.9. The molecule has 196 valence electrons. The molecule has 0 spiro atoms. The van der Waals surface area contributed by atoms with Gasteiger partial charge in [-0.1, -0.05) is 35.9 Å². The number of anilines is 2. The quantitative estimate of drug-likeness (QED) is 0.282. The molecule has 1 unspecified atom stereocenters. The fraction of sp³-hybridized carbons (Fsp3) is 0.233. The highest BCUT2D eigenvalue weighted by Crippen LogP contribution is 2.31. The summed E-state index contributed by atoms with van der Waals surface area (Å²) in [7, 11) is 0. The van der Waals surface area contributed by atoms with Gasteiger partial charge >= 0.3 is 0 Å². The van der Waals surface area contributed by atoms with Crippen LogP contribution in [0.4, 0.5) is 11.6 Å². The van der Waals surface area contributed by atoms with Gasteiger partial charge in [0.05, 0.1) is 5.69 Å². The van der Waals surface area contributed by atoms with Gasteiger partial charge in [0.25, 0.3) is 5.56 Å². The van der Waals surface area contributed by atoms with E-state index in [2.05, 4.69) is 49.9 Å². The van der Waals surface area contributed by atoms with Gasteiger partial charge in [-0.25, -0.2) is 15.0 Å². The van der Waals surface area contributed by atoms with Gasteiger partial charge in [0.2, 0.25) is 5.95 Å². The molecule has 0 radical (unpaired) electrons. The van der Waals surface area contributed by atoms with Crippen molar-refractivity contribution in [2.24, 2.45) is 0 Å². The predicted octanol–water partition coefficient (Wildman–Crippen LogP) is 5.80. The van der Waals surface area contributed by atoms with Crippen molar-refractivity contribution in [1.29, 1.82) is 0 Å². The molecule has 1 aliphatic rings. The first-order chi connectivity index (χ1) is 19.1. The molecule has 3 aromatic heterocycles. The molecule has 1 atom stereocenters. The van der Waals surface area contributed by atoms with Crippen LogP contribution in [-0.4, -0.2) is 37.6 Å². The fourth-order valence-electron chi connectivity index (χ4n) is 5.16. The smallest absolute Gasteiger partial charge is 0.260 e. The zero-order chi connectivity index (χ0) is 26.8. The maximum atomic E-state index is 13.6. The Morgan fingerprint density at radius 3 is 2.67 bits per heavy atom. The van der Waals surface area contributed by atoms with E-state index in [0.717, 1.165) is 35.4 Å². The molecule has 1 fully saturated rings. The lowest BCUT2D eigenvalue weighted by Crippen LogP contribution is -2.28. The van der Waals surface area contributed by atoms with Crippen LogP contribution in [0.1, 0.15) is 31.2 Å². The largest absolute Gasteiger partial charge is 0.324 e. The summed E-state index contributed by atoms with van der Waals surface area (Å²) >= 11 is 6.67. The third-order valence-corrected chi connectivity index (χ3v) is 7.53. The molecule has 2 aromatic carbocycles. The Bertz CT molecular complexity index is 1680. The minimum atomic E-state index is -0.156. The Morgan fingerprint density at radius 1 is 1.08 bits per heavy atom. The van der Waals surface area contributed by atoms with Crippen molar-refractivity contribution in [2.45, 2.75) is 32.2 Å². The average Bonchev–Trinajstić information content (AvgIpc) is 2.98. The summed E-state index contributed by atoms with van der Waals surface area (Å²) in [4.78, 5) is 31.1. The molecule has 1 saturated heterocycles. The first-order valence-corrected chi connectivity index (χ1v) is 13.5. The Hall–Kier alpha value is -4.14. The van der Waals surface area contributed by atoms with Crippen molar-refractivity contribution in [2.75, 3.05) is 18.4 Å². The van der Waals surface area contributed by atoms with Gasteiger partial charge in [-0.15, -0.1) is 0 Å².